The van der Waals surface area contributed by atoms with E-state index in [0.717, 1.165) is 50.5 Å². The van der Waals surface area contributed by atoms with Crippen LogP contribution in [0.25, 0.3) is 22.5 Å². The minimum absolute atomic E-state index is 0.169. The van der Waals surface area contributed by atoms with Gasteiger partial charge in [0.1, 0.15) is 11.5 Å². The van der Waals surface area contributed by atoms with E-state index in [9.17, 15) is 13.2 Å². The van der Waals surface area contributed by atoms with Gasteiger partial charge in [0, 0.05) is 30.8 Å². The highest BCUT2D eigenvalue weighted by Crippen LogP contribution is 2.32. The van der Waals surface area contributed by atoms with Crippen molar-refractivity contribution < 1.29 is 17.9 Å². The van der Waals surface area contributed by atoms with Crippen LogP contribution in [0.3, 0.4) is 0 Å². The first-order chi connectivity index (χ1) is 14.4. The molecule has 0 radical (unpaired) electrons. The Hall–Kier alpha value is -2.97. The second kappa shape index (κ2) is 8.41. The quantitative estimate of drug-likeness (QED) is 0.692. The predicted molar refractivity (Wildman–Crippen MR) is 108 cm³/mol. The van der Waals surface area contributed by atoms with Crippen LogP contribution < -0.4 is 5.73 Å². The smallest absolute Gasteiger partial charge is 0.382 e. The summed E-state index contributed by atoms with van der Waals surface area (Å²) in [5.41, 5.74) is 8.72. The average molecular weight is 414 g/mol. The molecule has 4 rings (SSSR count). The summed E-state index contributed by atoms with van der Waals surface area (Å²) in [6, 6.07) is 12.8. The van der Waals surface area contributed by atoms with Crippen molar-refractivity contribution in [3.8, 4) is 22.5 Å². The molecule has 1 fully saturated rings. The Kier molecular flexibility index (Phi) is 5.69. The number of hydrogen-bond donors (Lipinski definition) is 1. The van der Waals surface area contributed by atoms with Crippen molar-refractivity contribution in [1.29, 1.82) is 0 Å². The van der Waals surface area contributed by atoms with Crippen molar-refractivity contribution in [2.45, 2.75) is 12.7 Å². The third-order valence-corrected chi connectivity index (χ3v) is 5.05. The summed E-state index contributed by atoms with van der Waals surface area (Å²) < 4.78 is 43.8. The summed E-state index contributed by atoms with van der Waals surface area (Å²) in [6.45, 7) is 4.20. The maximum absolute atomic E-state index is 12.8. The lowest BCUT2D eigenvalue weighted by molar-refractivity contribution is -0.137. The summed E-state index contributed by atoms with van der Waals surface area (Å²) in [6.07, 6.45) is -2.82. The molecule has 1 aliphatic heterocycles. The van der Waals surface area contributed by atoms with E-state index in [4.69, 9.17) is 10.5 Å². The van der Waals surface area contributed by atoms with E-state index < -0.39 is 11.7 Å². The van der Waals surface area contributed by atoms with E-state index in [1.54, 1.807) is 6.20 Å². The van der Waals surface area contributed by atoms with Crippen LogP contribution in [0.2, 0.25) is 0 Å². The Morgan fingerprint density at radius 3 is 2.20 bits per heavy atom. The van der Waals surface area contributed by atoms with E-state index in [1.165, 1.54) is 17.7 Å². The zero-order valence-corrected chi connectivity index (χ0v) is 16.2. The van der Waals surface area contributed by atoms with Gasteiger partial charge in [-0.3, -0.25) is 4.90 Å². The third kappa shape index (κ3) is 4.60. The first kappa shape index (κ1) is 20.3. The lowest BCUT2D eigenvalue weighted by atomic mass is 10.1. The number of rotatable bonds is 4. The van der Waals surface area contributed by atoms with Crippen LogP contribution in [0, 0.1) is 0 Å². The molecule has 3 aromatic rings. The van der Waals surface area contributed by atoms with Crippen LogP contribution in [-0.4, -0.2) is 41.2 Å². The molecule has 0 bridgehead atoms. The number of anilines is 1. The molecule has 0 spiro atoms. The van der Waals surface area contributed by atoms with Gasteiger partial charge in [-0.25, -0.2) is 9.97 Å². The number of ether oxygens (including phenoxy) is 1. The molecule has 0 atom stereocenters. The third-order valence-electron chi connectivity index (χ3n) is 5.05. The lowest BCUT2D eigenvalue weighted by Crippen LogP contribution is -2.35. The number of nitrogens with zero attached hydrogens (tertiary/aromatic N) is 3. The Balaban J connectivity index is 1.55. The molecule has 2 N–H and O–H groups in total. The van der Waals surface area contributed by atoms with Crippen LogP contribution in [0.1, 0.15) is 11.1 Å². The normalized spacial score (nSPS) is 15.3. The summed E-state index contributed by atoms with van der Waals surface area (Å²) in [5, 5.41) is 0. The van der Waals surface area contributed by atoms with Crippen LogP contribution in [0.15, 0.2) is 54.7 Å². The highest BCUT2D eigenvalue weighted by molar-refractivity contribution is 5.73. The van der Waals surface area contributed by atoms with Gasteiger partial charge in [0.25, 0.3) is 0 Å². The number of nitrogen functional groups attached to an aromatic ring is 1. The molecular weight excluding hydrogens is 393 g/mol. The number of benzene rings is 2. The van der Waals surface area contributed by atoms with Crippen LogP contribution >= 0.6 is 0 Å². The summed E-state index contributed by atoms with van der Waals surface area (Å²) >= 11 is 0. The van der Waals surface area contributed by atoms with Gasteiger partial charge >= 0.3 is 6.18 Å². The van der Waals surface area contributed by atoms with Gasteiger partial charge < -0.3 is 10.5 Å². The van der Waals surface area contributed by atoms with Gasteiger partial charge in [0.15, 0.2) is 0 Å². The fourth-order valence-electron chi connectivity index (χ4n) is 3.37. The molecule has 30 heavy (non-hydrogen) atoms. The zero-order valence-electron chi connectivity index (χ0n) is 16.2. The second-order valence-electron chi connectivity index (χ2n) is 7.15. The Bertz CT molecular complexity index is 998. The summed E-state index contributed by atoms with van der Waals surface area (Å²) in [4.78, 5) is 11.1. The molecule has 5 nitrogen and oxygen atoms in total. The van der Waals surface area contributed by atoms with Crippen molar-refractivity contribution in [3.05, 3.63) is 65.9 Å². The number of hydrogen-bond acceptors (Lipinski definition) is 5. The SMILES string of the molecule is Nc1ncc(-c2ccc(CN3CCOCC3)cc2)nc1-c1ccc(C(F)(F)F)cc1. The maximum Gasteiger partial charge on any atom is 0.416 e. The predicted octanol–water partition coefficient (Wildman–Crippen LogP) is 4.24. The van der Waals surface area contributed by atoms with Crippen LogP contribution in [0.4, 0.5) is 19.0 Å². The molecule has 1 saturated heterocycles. The van der Waals surface area contributed by atoms with E-state index in [1.807, 2.05) is 24.3 Å². The standard InChI is InChI=1S/C22H21F3N4O/c23-22(24,25)18-7-5-17(6-8-18)20-21(26)27-13-19(28-20)16-3-1-15(2-4-16)14-29-9-11-30-12-10-29/h1-8,13H,9-12,14H2,(H2,26,27). The van der Waals surface area contributed by atoms with E-state index >= 15 is 0 Å². The maximum atomic E-state index is 12.8. The molecule has 1 aliphatic rings. The fourth-order valence-corrected chi connectivity index (χ4v) is 3.37. The summed E-state index contributed by atoms with van der Waals surface area (Å²) in [7, 11) is 0. The monoisotopic (exact) mass is 414 g/mol. The second-order valence-corrected chi connectivity index (χ2v) is 7.15. The fraction of sp³-hybridized carbons (Fsp3) is 0.273. The molecule has 156 valence electrons. The number of halogens is 3. The van der Waals surface area contributed by atoms with Crippen LogP contribution in [-0.2, 0) is 17.5 Å². The molecule has 0 unspecified atom stereocenters. The first-order valence-electron chi connectivity index (χ1n) is 9.60. The largest absolute Gasteiger partial charge is 0.416 e. The molecule has 2 heterocycles. The van der Waals surface area contributed by atoms with Gasteiger partial charge in [-0.15, -0.1) is 0 Å². The van der Waals surface area contributed by atoms with Crippen molar-refractivity contribution in [3.63, 3.8) is 0 Å². The highest BCUT2D eigenvalue weighted by atomic mass is 19.4. The minimum Gasteiger partial charge on any atom is -0.382 e. The van der Waals surface area contributed by atoms with Gasteiger partial charge in [-0.2, -0.15) is 13.2 Å². The Morgan fingerprint density at radius 1 is 0.933 bits per heavy atom. The number of nitrogens with two attached hydrogens (primary N) is 1. The summed E-state index contributed by atoms with van der Waals surface area (Å²) in [5.74, 6) is 0.169. The van der Waals surface area contributed by atoms with E-state index in [-0.39, 0.29) is 5.82 Å². The molecule has 0 amide bonds. The topological polar surface area (TPSA) is 64.3 Å². The first-order valence-corrected chi connectivity index (χ1v) is 9.60. The Labute approximate surface area is 172 Å². The number of aromatic nitrogens is 2. The number of alkyl halides is 3. The average Bonchev–Trinajstić information content (AvgIpc) is 2.75. The van der Waals surface area contributed by atoms with Crippen molar-refractivity contribution >= 4 is 5.82 Å². The van der Waals surface area contributed by atoms with Crippen molar-refractivity contribution in [1.82, 2.24) is 14.9 Å². The zero-order chi connectivity index (χ0) is 21.1. The van der Waals surface area contributed by atoms with Crippen molar-refractivity contribution in [2.75, 3.05) is 32.0 Å². The van der Waals surface area contributed by atoms with E-state index in [0.29, 0.717) is 17.0 Å². The molecule has 0 saturated carbocycles. The molecule has 2 aromatic carbocycles. The van der Waals surface area contributed by atoms with Gasteiger partial charge in [0.2, 0.25) is 0 Å². The Morgan fingerprint density at radius 2 is 1.57 bits per heavy atom. The minimum atomic E-state index is -4.39. The molecule has 8 heteroatoms. The van der Waals surface area contributed by atoms with E-state index in [2.05, 4.69) is 14.9 Å². The molecular formula is C22H21F3N4O. The van der Waals surface area contributed by atoms with Crippen molar-refractivity contribution in [2.24, 2.45) is 0 Å². The van der Waals surface area contributed by atoms with Gasteiger partial charge in [-0.1, -0.05) is 36.4 Å². The molecule has 1 aromatic heterocycles. The van der Waals surface area contributed by atoms with Gasteiger partial charge in [-0.05, 0) is 17.7 Å². The molecule has 0 aliphatic carbocycles. The number of morpholine rings is 1. The van der Waals surface area contributed by atoms with Gasteiger partial charge in [0.05, 0.1) is 30.7 Å². The lowest BCUT2D eigenvalue weighted by Gasteiger charge is -2.26. The van der Waals surface area contributed by atoms with Crippen LogP contribution in [0.5, 0.6) is 0 Å². The highest BCUT2D eigenvalue weighted by Gasteiger charge is 2.30.